The van der Waals surface area contributed by atoms with E-state index in [0.717, 1.165) is 24.6 Å². The SMILES string of the molecule is CN1C(=O)Cc2nc(Cl)nc(N3CCOCC3)c21. The van der Waals surface area contributed by atoms with Gasteiger partial charge in [0.25, 0.3) is 0 Å². The quantitative estimate of drug-likeness (QED) is 0.694. The number of ether oxygens (including phenoxy) is 1. The molecule has 1 saturated heterocycles. The predicted molar refractivity (Wildman–Crippen MR) is 67.2 cm³/mol. The van der Waals surface area contributed by atoms with Gasteiger partial charge < -0.3 is 14.5 Å². The summed E-state index contributed by atoms with van der Waals surface area (Å²) in [5.41, 5.74) is 1.50. The molecule has 1 aromatic heterocycles. The van der Waals surface area contributed by atoms with Crippen molar-refractivity contribution in [2.45, 2.75) is 6.42 Å². The van der Waals surface area contributed by atoms with Crippen molar-refractivity contribution in [3.05, 3.63) is 11.0 Å². The lowest BCUT2D eigenvalue weighted by Crippen LogP contribution is -2.38. The van der Waals surface area contributed by atoms with Crippen LogP contribution in [-0.4, -0.2) is 49.2 Å². The Morgan fingerprint density at radius 1 is 1.28 bits per heavy atom. The number of likely N-dealkylation sites (N-methyl/N-ethyl adjacent to an activating group) is 1. The highest BCUT2D eigenvalue weighted by atomic mass is 35.5. The zero-order valence-electron chi connectivity index (χ0n) is 10.0. The maximum absolute atomic E-state index is 11.7. The average Bonchev–Trinajstić information content (AvgIpc) is 2.65. The van der Waals surface area contributed by atoms with Crippen molar-refractivity contribution < 1.29 is 9.53 Å². The molecule has 96 valence electrons. The molecule has 18 heavy (non-hydrogen) atoms. The molecule has 1 fully saturated rings. The largest absolute Gasteiger partial charge is 0.378 e. The van der Waals surface area contributed by atoms with Crippen LogP contribution in [0.2, 0.25) is 5.28 Å². The molecule has 0 radical (unpaired) electrons. The number of aromatic nitrogens is 2. The van der Waals surface area contributed by atoms with E-state index < -0.39 is 0 Å². The first kappa shape index (κ1) is 11.7. The number of amides is 1. The standard InChI is InChI=1S/C11H13ClN4O2/c1-15-8(17)6-7-9(15)10(14-11(12)13-7)16-2-4-18-5-3-16/h2-6H2,1H3. The summed E-state index contributed by atoms with van der Waals surface area (Å²) >= 11 is 5.93. The Morgan fingerprint density at radius 2 is 2.00 bits per heavy atom. The molecule has 0 aliphatic carbocycles. The number of halogens is 1. The van der Waals surface area contributed by atoms with Crippen LogP contribution in [0.25, 0.3) is 0 Å². The maximum atomic E-state index is 11.7. The van der Waals surface area contributed by atoms with Gasteiger partial charge in [-0.25, -0.2) is 4.98 Å². The first-order valence-corrected chi connectivity index (χ1v) is 6.20. The molecule has 0 bridgehead atoms. The smallest absolute Gasteiger partial charge is 0.232 e. The monoisotopic (exact) mass is 268 g/mol. The molecular weight excluding hydrogens is 256 g/mol. The number of fused-ring (bicyclic) bond motifs is 1. The fourth-order valence-electron chi connectivity index (χ4n) is 2.31. The van der Waals surface area contributed by atoms with Gasteiger partial charge in [0.1, 0.15) is 5.69 Å². The second-order valence-electron chi connectivity index (χ2n) is 4.34. The number of carbonyl (C=O) groups is 1. The molecule has 7 heteroatoms. The summed E-state index contributed by atoms with van der Waals surface area (Å²) in [5.74, 6) is 0.762. The van der Waals surface area contributed by atoms with Gasteiger partial charge in [0.05, 0.1) is 25.3 Å². The molecule has 2 aliphatic heterocycles. The lowest BCUT2D eigenvalue weighted by molar-refractivity contribution is -0.117. The third-order valence-electron chi connectivity index (χ3n) is 3.25. The van der Waals surface area contributed by atoms with Gasteiger partial charge in [0.15, 0.2) is 5.82 Å². The zero-order valence-corrected chi connectivity index (χ0v) is 10.8. The Balaban J connectivity index is 2.06. The molecular formula is C11H13ClN4O2. The molecule has 6 nitrogen and oxygen atoms in total. The van der Waals surface area contributed by atoms with Crippen molar-refractivity contribution in [2.75, 3.05) is 43.2 Å². The molecule has 1 aromatic rings. The van der Waals surface area contributed by atoms with Gasteiger partial charge in [0, 0.05) is 20.1 Å². The number of nitrogens with zero attached hydrogens (tertiary/aromatic N) is 4. The molecule has 0 saturated carbocycles. The summed E-state index contributed by atoms with van der Waals surface area (Å²) in [6, 6.07) is 0. The molecule has 1 amide bonds. The Hall–Kier alpha value is -1.40. The van der Waals surface area contributed by atoms with Crippen molar-refractivity contribution >= 4 is 29.0 Å². The number of anilines is 2. The molecule has 3 heterocycles. The van der Waals surface area contributed by atoms with Crippen LogP contribution in [0.1, 0.15) is 5.69 Å². The van der Waals surface area contributed by atoms with E-state index in [9.17, 15) is 4.79 Å². The maximum Gasteiger partial charge on any atom is 0.232 e. The summed E-state index contributed by atoms with van der Waals surface area (Å²) in [4.78, 5) is 23.9. The van der Waals surface area contributed by atoms with Gasteiger partial charge >= 0.3 is 0 Å². The van der Waals surface area contributed by atoms with E-state index in [1.54, 1.807) is 11.9 Å². The van der Waals surface area contributed by atoms with E-state index in [0.29, 0.717) is 25.3 Å². The Morgan fingerprint density at radius 3 is 2.72 bits per heavy atom. The van der Waals surface area contributed by atoms with E-state index in [1.807, 2.05) is 0 Å². The molecule has 0 atom stereocenters. The van der Waals surface area contributed by atoms with Crippen LogP contribution in [0, 0.1) is 0 Å². The Kier molecular flexibility index (Phi) is 2.83. The Labute approximate surface area is 110 Å². The summed E-state index contributed by atoms with van der Waals surface area (Å²) < 4.78 is 5.32. The zero-order chi connectivity index (χ0) is 12.7. The van der Waals surface area contributed by atoms with Crippen LogP contribution < -0.4 is 9.80 Å². The number of hydrogen-bond donors (Lipinski definition) is 0. The summed E-state index contributed by atoms with van der Waals surface area (Å²) in [6.07, 6.45) is 0.297. The average molecular weight is 269 g/mol. The first-order chi connectivity index (χ1) is 8.66. The van der Waals surface area contributed by atoms with Crippen LogP contribution in [0.3, 0.4) is 0 Å². The normalized spacial score (nSPS) is 19.3. The van der Waals surface area contributed by atoms with Crippen LogP contribution in [0.15, 0.2) is 0 Å². The van der Waals surface area contributed by atoms with Crippen molar-refractivity contribution in [3.8, 4) is 0 Å². The topological polar surface area (TPSA) is 58.6 Å². The number of morpholine rings is 1. The third-order valence-corrected chi connectivity index (χ3v) is 3.42. The molecule has 3 rings (SSSR count). The lowest BCUT2D eigenvalue weighted by Gasteiger charge is -2.30. The highest BCUT2D eigenvalue weighted by Crippen LogP contribution is 2.36. The number of hydrogen-bond acceptors (Lipinski definition) is 5. The van der Waals surface area contributed by atoms with Crippen molar-refractivity contribution in [1.82, 2.24) is 9.97 Å². The van der Waals surface area contributed by atoms with Crippen molar-refractivity contribution in [2.24, 2.45) is 0 Å². The van der Waals surface area contributed by atoms with E-state index in [-0.39, 0.29) is 11.2 Å². The minimum absolute atomic E-state index is 0.0241. The fourth-order valence-corrected chi connectivity index (χ4v) is 2.49. The first-order valence-electron chi connectivity index (χ1n) is 5.82. The minimum Gasteiger partial charge on any atom is -0.378 e. The highest BCUT2D eigenvalue weighted by Gasteiger charge is 2.32. The lowest BCUT2D eigenvalue weighted by atomic mass is 10.3. The molecule has 0 aromatic carbocycles. The van der Waals surface area contributed by atoms with E-state index in [4.69, 9.17) is 16.3 Å². The number of carbonyl (C=O) groups excluding carboxylic acids is 1. The second kappa shape index (κ2) is 4.37. The predicted octanol–water partition coefficient (Wildman–Crippen LogP) is 0.485. The van der Waals surface area contributed by atoms with E-state index >= 15 is 0 Å². The molecule has 0 unspecified atom stereocenters. The molecule has 0 N–H and O–H groups in total. The highest BCUT2D eigenvalue weighted by molar-refractivity contribution is 6.28. The van der Waals surface area contributed by atoms with Crippen LogP contribution >= 0.6 is 11.6 Å². The second-order valence-corrected chi connectivity index (χ2v) is 4.68. The summed E-state index contributed by atoms with van der Waals surface area (Å²) in [5, 5.41) is 0.193. The van der Waals surface area contributed by atoms with E-state index in [1.165, 1.54) is 0 Å². The van der Waals surface area contributed by atoms with Gasteiger partial charge in [0.2, 0.25) is 11.2 Å². The van der Waals surface area contributed by atoms with Gasteiger partial charge in [-0.15, -0.1) is 0 Å². The van der Waals surface area contributed by atoms with Gasteiger partial charge in [-0.05, 0) is 11.6 Å². The van der Waals surface area contributed by atoms with Crippen molar-refractivity contribution in [3.63, 3.8) is 0 Å². The fraction of sp³-hybridized carbons (Fsp3) is 0.545. The van der Waals surface area contributed by atoms with Gasteiger partial charge in [-0.1, -0.05) is 0 Å². The van der Waals surface area contributed by atoms with Gasteiger partial charge in [-0.2, -0.15) is 4.98 Å². The molecule has 2 aliphatic rings. The minimum atomic E-state index is 0.0241. The summed E-state index contributed by atoms with van der Waals surface area (Å²) in [6.45, 7) is 2.83. The van der Waals surface area contributed by atoms with Crippen LogP contribution in [0.5, 0.6) is 0 Å². The van der Waals surface area contributed by atoms with Gasteiger partial charge in [-0.3, -0.25) is 4.79 Å². The van der Waals surface area contributed by atoms with Crippen LogP contribution in [-0.2, 0) is 16.0 Å². The third kappa shape index (κ3) is 1.81. The van der Waals surface area contributed by atoms with Crippen molar-refractivity contribution in [1.29, 1.82) is 0 Å². The van der Waals surface area contributed by atoms with E-state index in [2.05, 4.69) is 14.9 Å². The Bertz CT molecular complexity index is 502. The molecule has 0 spiro atoms. The number of rotatable bonds is 1. The summed E-state index contributed by atoms with van der Waals surface area (Å²) in [7, 11) is 1.75. The van der Waals surface area contributed by atoms with Crippen LogP contribution in [0.4, 0.5) is 11.5 Å².